The van der Waals surface area contributed by atoms with E-state index in [4.69, 9.17) is 27.9 Å². The highest BCUT2D eigenvalue weighted by atomic mass is 35.5. The van der Waals surface area contributed by atoms with Crippen LogP contribution in [0.15, 0.2) is 18.2 Å². The Hall–Kier alpha value is -0.280. The molecule has 1 unspecified atom stereocenters. The van der Waals surface area contributed by atoms with Crippen molar-refractivity contribution in [3.63, 3.8) is 0 Å². The molecule has 16 heavy (non-hydrogen) atoms. The number of nitrogens with one attached hydrogen (secondary N) is 1. The van der Waals surface area contributed by atoms with Gasteiger partial charge in [-0.05, 0) is 38.1 Å². The monoisotopic (exact) mass is 261 g/mol. The summed E-state index contributed by atoms with van der Waals surface area (Å²) in [5.41, 5.74) is 1.16. The number of likely N-dealkylation sites (N-methyl/N-ethyl adjacent to an activating group) is 1. The Kier molecular flexibility index (Phi) is 6.14. The highest BCUT2D eigenvalue weighted by Gasteiger charge is 2.08. The van der Waals surface area contributed by atoms with Crippen LogP contribution in [0, 0.1) is 0 Å². The highest BCUT2D eigenvalue weighted by Crippen LogP contribution is 2.23. The second-order valence-corrected chi connectivity index (χ2v) is 4.41. The van der Waals surface area contributed by atoms with Gasteiger partial charge in [0.25, 0.3) is 0 Å². The van der Waals surface area contributed by atoms with Crippen molar-refractivity contribution in [3.8, 4) is 0 Å². The summed E-state index contributed by atoms with van der Waals surface area (Å²) in [6.45, 7) is 3.43. The molecule has 0 amide bonds. The lowest BCUT2D eigenvalue weighted by molar-refractivity contribution is 0.125. The van der Waals surface area contributed by atoms with E-state index < -0.39 is 0 Å². The molecule has 0 fully saturated rings. The van der Waals surface area contributed by atoms with E-state index in [0.29, 0.717) is 22.7 Å². The van der Waals surface area contributed by atoms with E-state index >= 15 is 0 Å². The maximum atomic E-state index is 5.96. The van der Waals surface area contributed by atoms with E-state index in [0.717, 1.165) is 18.6 Å². The lowest BCUT2D eigenvalue weighted by atomic mass is 10.1. The highest BCUT2D eigenvalue weighted by molar-refractivity contribution is 6.42. The van der Waals surface area contributed by atoms with E-state index in [-0.39, 0.29) is 0 Å². The minimum absolute atomic E-state index is 0.303. The van der Waals surface area contributed by atoms with Gasteiger partial charge in [0, 0.05) is 12.6 Å². The molecule has 1 aromatic rings. The van der Waals surface area contributed by atoms with Gasteiger partial charge in [0.1, 0.15) is 0 Å². The third-order valence-electron chi connectivity index (χ3n) is 2.40. The van der Waals surface area contributed by atoms with E-state index in [2.05, 4.69) is 5.32 Å². The van der Waals surface area contributed by atoms with Gasteiger partial charge in [-0.1, -0.05) is 29.3 Å². The Morgan fingerprint density at radius 3 is 2.62 bits per heavy atom. The number of ether oxygens (including phenoxy) is 1. The summed E-state index contributed by atoms with van der Waals surface area (Å²) >= 11 is 11.8. The second-order valence-electron chi connectivity index (χ2n) is 3.60. The molecule has 0 aliphatic rings. The Bertz CT molecular complexity index is 331. The summed E-state index contributed by atoms with van der Waals surface area (Å²) < 4.78 is 5.39. The fraction of sp³-hybridized carbons (Fsp3) is 0.500. The minimum atomic E-state index is 0.303. The molecule has 1 aromatic carbocycles. The van der Waals surface area contributed by atoms with Gasteiger partial charge in [-0.3, -0.25) is 0 Å². The zero-order chi connectivity index (χ0) is 12.0. The third-order valence-corrected chi connectivity index (χ3v) is 3.14. The molecule has 1 rings (SSSR count). The molecule has 0 spiro atoms. The van der Waals surface area contributed by atoms with Crippen LogP contribution >= 0.6 is 23.2 Å². The standard InChI is InChI=1S/C12H17Cl2NO/c1-3-16-8-10(15-2)6-9-4-5-11(13)12(14)7-9/h4-5,7,10,15H,3,6,8H2,1-2H3. The normalized spacial score (nSPS) is 12.8. The topological polar surface area (TPSA) is 21.3 Å². The van der Waals surface area contributed by atoms with Crippen LogP contribution in [0.4, 0.5) is 0 Å². The van der Waals surface area contributed by atoms with Gasteiger partial charge in [0.05, 0.1) is 16.7 Å². The SMILES string of the molecule is CCOCC(Cc1ccc(Cl)c(Cl)c1)NC. The molecule has 0 bridgehead atoms. The van der Waals surface area contributed by atoms with Crippen LogP contribution in [0.2, 0.25) is 10.0 Å². The molecular formula is C12H17Cl2NO. The molecule has 0 aliphatic carbocycles. The smallest absolute Gasteiger partial charge is 0.0622 e. The summed E-state index contributed by atoms with van der Waals surface area (Å²) in [6, 6.07) is 6.02. The molecule has 0 saturated heterocycles. The zero-order valence-electron chi connectivity index (χ0n) is 9.59. The molecule has 0 heterocycles. The van der Waals surface area contributed by atoms with Gasteiger partial charge >= 0.3 is 0 Å². The lowest BCUT2D eigenvalue weighted by Gasteiger charge is -2.16. The molecule has 0 saturated carbocycles. The van der Waals surface area contributed by atoms with Crippen molar-refractivity contribution >= 4 is 23.2 Å². The minimum Gasteiger partial charge on any atom is -0.380 e. The predicted octanol–water partition coefficient (Wildman–Crippen LogP) is 3.16. The quantitative estimate of drug-likeness (QED) is 0.850. The van der Waals surface area contributed by atoms with Gasteiger partial charge in [-0.15, -0.1) is 0 Å². The van der Waals surface area contributed by atoms with Crippen LogP contribution in [-0.2, 0) is 11.2 Å². The Balaban J connectivity index is 2.59. The summed E-state index contributed by atoms with van der Waals surface area (Å²) in [5, 5.41) is 4.41. The van der Waals surface area contributed by atoms with Crippen LogP contribution in [-0.4, -0.2) is 26.3 Å². The molecule has 0 aliphatic heterocycles. The van der Waals surface area contributed by atoms with Crippen molar-refractivity contribution in [1.29, 1.82) is 0 Å². The first-order chi connectivity index (χ1) is 7.67. The number of halogens is 2. The van der Waals surface area contributed by atoms with Gasteiger partial charge in [0.2, 0.25) is 0 Å². The van der Waals surface area contributed by atoms with Gasteiger partial charge in [-0.2, -0.15) is 0 Å². The first-order valence-corrected chi connectivity index (χ1v) is 6.12. The van der Waals surface area contributed by atoms with Crippen molar-refractivity contribution in [3.05, 3.63) is 33.8 Å². The van der Waals surface area contributed by atoms with E-state index in [1.165, 1.54) is 0 Å². The Labute approximate surface area is 107 Å². The summed E-state index contributed by atoms with van der Waals surface area (Å²) in [7, 11) is 1.93. The molecular weight excluding hydrogens is 245 g/mol. The first kappa shape index (κ1) is 13.8. The first-order valence-electron chi connectivity index (χ1n) is 5.36. The third kappa shape index (κ3) is 4.30. The Morgan fingerprint density at radius 2 is 2.06 bits per heavy atom. The van der Waals surface area contributed by atoms with Crippen molar-refractivity contribution < 1.29 is 4.74 Å². The number of benzene rings is 1. The molecule has 1 atom stereocenters. The van der Waals surface area contributed by atoms with Crippen LogP contribution in [0.25, 0.3) is 0 Å². The number of hydrogen-bond donors (Lipinski definition) is 1. The largest absolute Gasteiger partial charge is 0.380 e. The molecule has 4 heteroatoms. The van der Waals surface area contributed by atoms with Gasteiger partial charge < -0.3 is 10.1 Å². The van der Waals surface area contributed by atoms with Gasteiger partial charge in [-0.25, -0.2) is 0 Å². The fourth-order valence-corrected chi connectivity index (χ4v) is 1.78. The maximum Gasteiger partial charge on any atom is 0.0622 e. The average Bonchev–Trinajstić information content (AvgIpc) is 2.29. The molecule has 1 N–H and O–H groups in total. The van der Waals surface area contributed by atoms with Crippen molar-refractivity contribution in [1.82, 2.24) is 5.32 Å². The maximum absolute atomic E-state index is 5.96. The number of rotatable bonds is 6. The van der Waals surface area contributed by atoms with Crippen molar-refractivity contribution in [2.24, 2.45) is 0 Å². The van der Waals surface area contributed by atoms with Crippen LogP contribution < -0.4 is 5.32 Å². The fourth-order valence-electron chi connectivity index (χ4n) is 1.46. The molecule has 0 radical (unpaired) electrons. The summed E-state index contributed by atoms with van der Waals surface area (Å²) in [5.74, 6) is 0. The molecule has 90 valence electrons. The van der Waals surface area contributed by atoms with E-state index in [1.54, 1.807) is 0 Å². The van der Waals surface area contributed by atoms with Crippen LogP contribution in [0.1, 0.15) is 12.5 Å². The van der Waals surface area contributed by atoms with Crippen LogP contribution in [0.5, 0.6) is 0 Å². The van der Waals surface area contributed by atoms with Crippen molar-refractivity contribution in [2.45, 2.75) is 19.4 Å². The number of hydrogen-bond acceptors (Lipinski definition) is 2. The van der Waals surface area contributed by atoms with Crippen LogP contribution in [0.3, 0.4) is 0 Å². The predicted molar refractivity (Wildman–Crippen MR) is 69.5 cm³/mol. The summed E-state index contributed by atoms with van der Waals surface area (Å²) in [4.78, 5) is 0. The Morgan fingerprint density at radius 1 is 1.31 bits per heavy atom. The van der Waals surface area contributed by atoms with Crippen molar-refractivity contribution in [2.75, 3.05) is 20.3 Å². The molecule has 2 nitrogen and oxygen atoms in total. The second kappa shape index (κ2) is 7.13. The summed E-state index contributed by atoms with van der Waals surface area (Å²) in [6.07, 6.45) is 0.882. The molecule has 0 aromatic heterocycles. The average molecular weight is 262 g/mol. The zero-order valence-corrected chi connectivity index (χ0v) is 11.1. The van der Waals surface area contributed by atoms with Gasteiger partial charge in [0.15, 0.2) is 0 Å². The lowest BCUT2D eigenvalue weighted by Crippen LogP contribution is -2.32. The van der Waals surface area contributed by atoms with E-state index in [9.17, 15) is 0 Å². The van der Waals surface area contributed by atoms with E-state index in [1.807, 2.05) is 32.2 Å².